The molecular weight excluding hydrogens is 321 g/mol. The Hall–Kier alpha value is -2.47. The van der Waals surface area contributed by atoms with E-state index in [0.717, 1.165) is 30.5 Å². The molecule has 1 aromatic heterocycles. The van der Waals surface area contributed by atoms with Gasteiger partial charge in [-0.15, -0.1) is 0 Å². The fourth-order valence-corrected chi connectivity index (χ4v) is 3.24. The SMILES string of the molecule is CO[C@H](CNC(=O)N1CCC[C@H]1c1ccncc1)c1ccc(F)cc1. The second kappa shape index (κ2) is 8.07. The third kappa shape index (κ3) is 4.14. The van der Waals surface area contributed by atoms with Crippen LogP contribution in [0.25, 0.3) is 0 Å². The number of rotatable bonds is 5. The van der Waals surface area contributed by atoms with Crippen molar-refractivity contribution < 1.29 is 13.9 Å². The molecule has 1 aliphatic heterocycles. The molecule has 2 aromatic rings. The van der Waals surface area contributed by atoms with E-state index in [4.69, 9.17) is 4.74 Å². The number of benzene rings is 1. The molecule has 0 spiro atoms. The van der Waals surface area contributed by atoms with Crippen molar-refractivity contribution >= 4 is 6.03 Å². The number of hydrogen-bond donors (Lipinski definition) is 1. The van der Waals surface area contributed by atoms with Crippen molar-refractivity contribution in [1.29, 1.82) is 0 Å². The molecule has 25 heavy (non-hydrogen) atoms. The van der Waals surface area contributed by atoms with Crippen LogP contribution in [-0.4, -0.2) is 36.1 Å². The van der Waals surface area contributed by atoms with Crippen molar-refractivity contribution in [2.75, 3.05) is 20.2 Å². The maximum Gasteiger partial charge on any atom is 0.318 e. The highest BCUT2D eigenvalue weighted by atomic mass is 19.1. The van der Waals surface area contributed by atoms with Gasteiger partial charge in [0, 0.05) is 32.6 Å². The Bertz CT molecular complexity index is 694. The first kappa shape index (κ1) is 17.4. The number of carbonyl (C=O) groups is 1. The van der Waals surface area contributed by atoms with Crippen LogP contribution in [0.1, 0.15) is 36.1 Å². The lowest BCUT2D eigenvalue weighted by atomic mass is 10.1. The standard InChI is InChI=1S/C19H22FN3O2/c1-25-18(15-4-6-16(20)7-5-15)13-22-19(24)23-12-2-3-17(23)14-8-10-21-11-9-14/h4-11,17-18H,2-3,12-13H2,1H3,(H,22,24)/t17-,18+/m0/s1. The topological polar surface area (TPSA) is 54.5 Å². The van der Waals surface area contributed by atoms with E-state index in [1.165, 1.54) is 12.1 Å². The molecule has 1 aromatic carbocycles. The number of aromatic nitrogens is 1. The monoisotopic (exact) mass is 343 g/mol. The molecule has 6 heteroatoms. The number of urea groups is 1. The van der Waals surface area contributed by atoms with Crippen molar-refractivity contribution in [2.24, 2.45) is 0 Å². The number of methoxy groups -OCH3 is 1. The number of amides is 2. The molecule has 2 heterocycles. The van der Waals surface area contributed by atoms with E-state index in [-0.39, 0.29) is 24.0 Å². The summed E-state index contributed by atoms with van der Waals surface area (Å²) in [4.78, 5) is 18.5. The molecular formula is C19H22FN3O2. The van der Waals surface area contributed by atoms with Crippen LogP contribution in [0.5, 0.6) is 0 Å². The number of hydrogen-bond acceptors (Lipinski definition) is 3. The zero-order valence-electron chi connectivity index (χ0n) is 14.2. The molecule has 1 saturated heterocycles. The number of pyridine rings is 1. The Kier molecular flexibility index (Phi) is 5.60. The van der Waals surface area contributed by atoms with Crippen molar-refractivity contribution in [1.82, 2.24) is 15.2 Å². The van der Waals surface area contributed by atoms with E-state index >= 15 is 0 Å². The minimum Gasteiger partial charge on any atom is -0.375 e. The van der Waals surface area contributed by atoms with Crippen LogP contribution in [0.2, 0.25) is 0 Å². The van der Waals surface area contributed by atoms with Gasteiger partial charge in [-0.1, -0.05) is 12.1 Å². The van der Waals surface area contributed by atoms with Crippen molar-refractivity contribution in [3.05, 3.63) is 65.7 Å². The molecule has 2 amide bonds. The number of ether oxygens (including phenoxy) is 1. The number of carbonyl (C=O) groups excluding carboxylic acids is 1. The maximum absolute atomic E-state index is 13.1. The minimum atomic E-state index is -0.313. The molecule has 1 N–H and O–H groups in total. The molecule has 1 fully saturated rings. The summed E-state index contributed by atoms with van der Waals surface area (Å²) in [7, 11) is 1.58. The van der Waals surface area contributed by atoms with Gasteiger partial charge < -0.3 is 15.0 Å². The summed E-state index contributed by atoms with van der Waals surface area (Å²) in [5.41, 5.74) is 1.93. The van der Waals surface area contributed by atoms with Gasteiger partial charge in [0.2, 0.25) is 0 Å². The lowest BCUT2D eigenvalue weighted by molar-refractivity contribution is 0.101. The Balaban J connectivity index is 1.62. The fourth-order valence-electron chi connectivity index (χ4n) is 3.24. The largest absolute Gasteiger partial charge is 0.375 e. The van der Waals surface area contributed by atoms with Crippen molar-refractivity contribution in [3.63, 3.8) is 0 Å². The molecule has 0 radical (unpaired) electrons. The summed E-state index contributed by atoms with van der Waals surface area (Å²) >= 11 is 0. The number of halogens is 1. The summed E-state index contributed by atoms with van der Waals surface area (Å²) in [6.07, 6.45) is 5.11. The Labute approximate surface area is 146 Å². The molecule has 1 aliphatic rings. The summed E-state index contributed by atoms with van der Waals surface area (Å²) in [5, 5.41) is 2.94. The average Bonchev–Trinajstić information content (AvgIpc) is 3.14. The van der Waals surface area contributed by atoms with Crippen LogP contribution in [-0.2, 0) is 4.74 Å². The molecule has 132 valence electrons. The number of nitrogens with zero attached hydrogens (tertiary/aromatic N) is 2. The lowest BCUT2D eigenvalue weighted by Crippen LogP contribution is -2.41. The Morgan fingerprint density at radius 2 is 2.04 bits per heavy atom. The molecule has 0 unspecified atom stereocenters. The average molecular weight is 343 g/mol. The van der Waals surface area contributed by atoms with Gasteiger partial charge in [0.1, 0.15) is 5.82 Å². The van der Waals surface area contributed by atoms with Crippen molar-refractivity contribution in [3.8, 4) is 0 Å². The van der Waals surface area contributed by atoms with Crippen LogP contribution in [0.4, 0.5) is 9.18 Å². The molecule has 0 aliphatic carbocycles. The normalized spacial score (nSPS) is 18.2. The number of nitrogens with one attached hydrogen (secondary N) is 1. The summed E-state index contributed by atoms with van der Waals surface area (Å²) in [5.74, 6) is -0.292. The van der Waals surface area contributed by atoms with Crippen LogP contribution < -0.4 is 5.32 Å². The predicted octanol–water partition coefficient (Wildman–Crippen LogP) is 3.45. The molecule has 2 atom stereocenters. The van der Waals surface area contributed by atoms with Crippen LogP contribution >= 0.6 is 0 Å². The zero-order chi connectivity index (χ0) is 17.6. The van der Waals surface area contributed by atoms with Gasteiger partial charge in [-0.25, -0.2) is 9.18 Å². The summed E-state index contributed by atoms with van der Waals surface area (Å²) in [6.45, 7) is 1.06. The summed E-state index contributed by atoms with van der Waals surface area (Å²) < 4.78 is 18.5. The van der Waals surface area contributed by atoms with Crippen LogP contribution in [0.3, 0.4) is 0 Å². The van der Waals surface area contributed by atoms with Crippen LogP contribution in [0.15, 0.2) is 48.8 Å². The first-order valence-electron chi connectivity index (χ1n) is 8.41. The molecule has 0 saturated carbocycles. The predicted molar refractivity (Wildman–Crippen MR) is 92.5 cm³/mol. The highest BCUT2D eigenvalue weighted by molar-refractivity contribution is 5.75. The van der Waals surface area contributed by atoms with Gasteiger partial charge in [0.25, 0.3) is 0 Å². The van der Waals surface area contributed by atoms with Gasteiger partial charge in [-0.05, 0) is 48.2 Å². The van der Waals surface area contributed by atoms with Gasteiger partial charge in [-0.2, -0.15) is 0 Å². The Morgan fingerprint density at radius 3 is 2.72 bits per heavy atom. The first-order chi connectivity index (χ1) is 12.2. The van der Waals surface area contributed by atoms with Crippen LogP contribution in [0, 0.1) is 5.82 Å². The number of likely N-dealkylation sites (tertiary alicyclic amines) is 1. The lowest BCUT2D eigenvalue weighted by Gasteiger charge is -2.26. The highest BCUT2D eigenvalue weighted by Crippen LogP contribution is 2.31. The van der Waals surface area contributed by atoms with Gasteiger partial charge in [-0.3, -0.25) is 4.98 Å². The van der Waals surface area contributed by atoms with E-state index < -0.39 is 0 Å². The van der Waals surface area contributed by atoms with E-state index in [1.807, 2.05) is 17.0 Å². The van der Waals surface area contributed by atoms with E-state index in [1.54, 1.807) is 31.6 Å². The summed E-state index contributed by atoms with van der Waals surface area (Å²) in [6, 6.07) is 10.0. The van der Waals surface area contributed by atoms with E-state index in [2.05, 4.69) is 10.3 Å². The quantitative estimate of drug-likeness (QED) is 0.905. The van der Waals surface area contributed by atoms with E-state index in [0.29, 0.717) is 6.54 Å². The van der Waals surface area contributed by atoms with Gasteiger partial charge >= 0.3 is 6.03 Å². The second-order valence-electron chi connectivity index (χ2n) is 6.09. The van der Waals surface area contributed by atoms with Crippen molar-refractivity contribution in [2.45, 2.75) is 25.0 Å². The van der Waals surface area contributed by atoms with Gasteiger partial charge in [0.05, 0.1) is 12.1 Å². The minimum absolute atomic E-state index is 0.0785. The smallest absolute Gasteiger partial charge is 0.318 e. The molecule has 5 nitrogen and oxygen atoms in total. The zero-order valence-corrected chi connectivity index (χ0v) is 14.2. The fraction of sp³-hybridized carbons (Fsp3) is 0.368. The third-order valence-electron chi connectivity index (χ3n) is 4.57. The maximum atomic E-state index is 13.1. The third-order valence-corrected chi connectivity index (χ3v) is 4.57. The van der Waals surface area contributed by atoms with Gasteiger partial charge in [0.15, 0.2) is 0 Å². The first-order valence-corrected chi connectivity index (χ1v) is 8.41. The van der Waals surface area contributed by atoms with E-state index in [9.17, 15) is 9.18 Å². The highest BCUT2D eigenvalue weighted by Gasteiger charge is 2.30. The molecule has 0 bridgehead atoms. The second-order valence-corrected chi connectivity index (χ2v) is 6.09. The Morgan fingerprint density at radius 1 is 1.32 bits per heavy atom. The molecule has 3 rings (SSSR count).